The van der Waals surface area contributed by atoms with E-state index in [0.717, 1.165) is 6.07 Å². The van der Waals surface area contributed by atoms with E-state index in [9.17, 15) is 19.6 Å². The Morgan fingerprint density at radius 3 is 2.51 bits per heavy atom. The van der Waals surface area contributed by atoms with Crippen LogP contribution in [0.4, 0.5) is 21.5 Å². The molecule has 2 aromatic carbocycles. The number of anilines is 3. The molecule has 1 amide bonds. The number of fused-ring (bicyclic) bond motifs is 1. The van der Waals surface area contributed by atoms with E-state index in [-0.39, 0.29) is 11.5 Å². The zero-order valence-corrected chi connectivity index (χ0v) is 22.5. The third kappa shape index (κ3) is 8.78. The van der Waals surface area contributed by atoms with Crippen molar-refractivity contribution >= 4 is 33.9 Å². The van der Waals surface area contributed by atoms with Gasteiger partial charge in [-0.1, -0.05) is 33.8 Å². The number of rotatable bonds is 8. The highest BCUT2D eigenvalue weighted by atomic mass is 19.1. The Kier molecular flexibility index (Phi) is 13.1. The third-order valence-electron chi connectivity index (χ3n) is 4.60. The number of carbonyl (C=O) groups is 1. The fraction of sp³-hybridized carbons (Fsp3) is 0.321. The van der Waals surface area contributed by atoms with E-state index in [4.69, 9.17) is 4.74 Å². The number of phenols is 1. The highest BCUT2D eigenvalue weighted by molar-refractivity contribution is 6.04. The van der Waals surface area contributed by atoms with Gasteiger partial charge in [0.25, 0.3) is 0 Å². The van der Waals surface area contributed by atoms with Gasteiger partial charge in [-0.15, -0.1) is 0 Å². The lowest BCUT2D eigenvalue weighted by molar-refractivity contribution is -0.111. The summed E-state index contributed by atoms with van der Waals surface area (Å²) in [7, 11) is 3.79. The molecule has 0 aliphatic heterocycles. The van der Waals surface area contributed by atoms with Gasteiger partial charge >= 0.3 is 0 Å². The van der Waals surface area contributed by atoms with Crippen molar-refractivity contribution in [2.45, 2.75) is 34.6 Å². The number of benzene rings is 2. The van der Waals surface area contributed by atoms with Crippen LogP contribution in [0.3, 0.4) is 0 Å². The summed E-state index contributed by atoms with van der Waals surface area (Å²) in [5, 5.41) is 25.7. The van der Waals surface area contributed by atoms with Crippen molar-refractivity contribution in [3.05, 3.63) is 60.1 Å². The number of hydrogen-bond acceptors (Lipinski definition) is 7. The number of ether oxygens (including phenoxy) is 1. The molecule has 0 unspecified atom stereocenters. The van der Waals surface area contributed by atoms with Gasteiger partial charge in [0.05, 0.1) is 29.1 Å². The van der Waals surface area contributed by atoms with E-state index >= 15 is 0 Å². The fourth-order valence-corrected chi connectivity index (χ4v) is 3.09. The quantitative estimate of drug-likeness (QED) is 0.310. The summed E-state index contributed by atoms with van der Waals surface area (Å²) in [6.07, 6.45) is 4.58. The first-order valence-electron chi connectivity index (χ1n) is 12.2. The van der Waals surface area contributed by atoms with Gasteiger partial charge in [-0.3, -0.25) is 9.78 Å². The molecular formula is C28H36FN5O3. The lowest BCUT2D eigenvalue weighted by Gasteiger charge is -2.16. The number of halogens is 1. The zero-order chi connectivity index (χ0) is 28.0. The maximum atomic E-state index is 13.5. The molecule has 0 aliphatic rings. The first-order valence-corrected chi connectivity index (χ1v) is 12.2. The van der Waals surface area contributed by atoms with E-state index in [1.165, 1.54) is 24.4 Å². The molecule has 9 heteroatoms. The van der Waals surface area contributed by atoms with Gasteiger partial charge in [0.1, 0.15) is 11.8 Å². The van der Waals surface area contributed by atoms with E-state index in [2.05, 4.69) is 21.7 Å². The molecule has 1 heterocycles. The lowest BCUT2D eigenvalue weighted by Crippen LogP contribution is -2.13. The van der Waals surface area contributed by atoms with Crippen LogP contribution in [-0.4, -0.2) is 48.1 Å². The van der Waals surface area contributed by atoms with Crippen LogP contribution in [0.5, 0.6) is 11.5 Å². The molecule has 37 heavy (non-hydrogen) atoms. The highest BCUT2D eigenvalue weighted by Crippen LogP contribution is 2.36. The van der Waals surface area contributed by atoms with Crippen molar-refractivity contribution in [1.29, 1.82) is 5.26 Å². The molecule has 198 valence electrons. The molecular weight excluding hydrogens is 473 g/mol. The third-order valence-corrected chi connectivity index (χ3v) is 4.60. The largest absolute Gasteiger partial charge is 0.505 e. The van der Waals surface area contributed by atoms with Crippen LogP contribution >= 0.6 is 0 Å². The molecule has 0 radical (unpaired) electrons. The van der Waals surface area contributed by atoms with Crippen LogP contribution in [0.1, 0.15) is 40.2 Å². The molecule has 0 saturated carbocycles. The Hall–Kier alpha value is -4.16. The number of carbonyl (C=O) groups excluding carboxylic acids is 1. The molecule has 0 bridgehead atoms. The molecule has 0 atom stereocenters. The number of aromatic hydroxyl groups is 1. The summed E-state index contributed by atoms with van der Waals surface area (Å²) in [4.78, 5) is 18.7. The number of pyridine rings is 1. The van der Waals surface area contributed by atoms with Gasteiger partial charge in [-0.05, 0) is 39.2 Å². The van der Waals surface area contributed by atoms with E-state index in [1.807, 2.05) is 53.6 Å². The summed E-state index contributed by atoms with van der Waals surface area (Å²) >= 11 is 0. The summed E-state index contributed by atoms with van der Waals surface area (Å²) in [5.74, 6) is -1.18. The number of nitrogens with zero attached hydrogens (tertiary/aromatic N) is 3. The Morgan fingerprint density at radius 2 is 1.92 bits per heavy atom. The standard InChI is InChI=1S/C24H24FN5O3.2C2H6/c1-4-33-22-12-19-17(11-20(22)29-23(32)6-5-9-30(2)3)24(15(13-26)14-27-19)28-16-7-8-18(25)21(31)10-16;2*1-2/h5-8,10-12,14,31H,4,9H2,1-3H3,(H,27,28)(H,29,32);2*1-2H3/b6-5+;;. The summed E-state index contributed by atoms with van der Waals surface area (Å²) in [5.41, 5.74) is 1.94. The topological polar surface area (TPSA) is 111 Å². The van der Waals surface area contributed by atoms with Crippen molar-refractivity contribution in [1.82, 2.24) is 9.88 Å². The number of phenolic OH excluding ortho intramolecular Hbond substituents is 1. The van der Waals surface area contributed by atoms with E-state index in [1.54, 1.807) is 18.2 Å². The number of likely N-dealkylation sites (N-methyl/N-ethyl adjacent to an activating group) is 1. The van der Waals surface area contributed by atoms with E-state index in [0.29, 0.717) is 46.9 Å². The maximum Gasteiger partial charge on any atom is 0.248 e. The van der Waals surface area contributed by atoms with Crippen LogP contribution in [0.2, 0.25) is 0 Å². The van der Waals surface area contributed by atoms with Crippen molar-refractivity contribution in [3.63, 3.8) is 0 Å². The van der Waals surface area contributed by atoms with Gasteiger partial charge in [-0.2, -0.15) is 5.26 Å². The van der Waals surface area contributed by atoms with E-state index < -0.39 is 11.6 Å². The van der Waals surface area contributed by atoms with Crippen LogP contribution < -0.4 is 15.4 Å². The number of nitriles is 1. The van der Waals surface area contributed by atoms with Crippen LogP contribution in [0.15, 0.2) is 48.7 Å². The van der Waals surface area contributed by atoms with Gasteiger partial charge in [0.2, 0.25) is 5.91 Å². The Morgan fingerprint density at radius 1 is 1.22 bits per heavy atom. The maximum absolute atomic E-state index is 13.5. The minimum atomic E-state index is -0.755. The SMILES string of the molecule is CC.CC.CCOc1cc2ncc(C#N)c(Nc3ccc(F)c(O)c3)c2cc1NC(=O)/C=C/CN(C)C. The van der Waals surface area contributed by atoms with Crippen molar-refractivity contribution in [3.8, 4) is 17.6 Å². The second-order valence-corrected chi connectivity index (χ2v) is 7.40. The first kappa shape index (κ1) is 30.9. The number of aromatic nitrogens is 1. The minimum absolute atomic E-state index is 0.235. The van der Waals surface area contributed by atoms with Gasteiger partial charge in [-0.25, -0.2) is 4.39 Å². The fourth-order valence-electron chi connectivity index (χ4n) is 3.09. The zero-order valence-electron chi connectivity index (χ0n) is 22.5. The number of hydrogen-bond donors (Lipinski definition) is 3. The Balaban J connectivity index is 0.00000163. The summed E-state index contributed by atoms with van der Waals surface area (Å²) in [6, 6.07) is 9.19. The lowest BCUT2D eigenvalue weighted by atomic mass is 10.1. The van der Waals surface area contributed by atoms with Gasteiger partial charge in [0.15, 0.2) is 11.6 Å². The predicted molar refractivity (Wildman–Crippen MR) is 148 cm³/mol. The molecule has 8 nitrogen and oxygen atoms in total. The second kappa shape index (κ2) is 15.8. The smallest absolute Gasteiger partial charge is 0.248 e. The van der Waals surface area contributed by atoms with Crippen LogP contribution in [0, 0.1) is 17.1 Å². The normalized spacial score (nSPS) is 10.2. The monoisotopic (exact) mass is 509 g/mol. The Bertz CT molecular complexity index is 1250. The molecule has 3 rings (SSSR count). The molecule has 0 spiro atoms. The highest BCUT2D eigenvalue weighted by Gasteiger charge is 2.15. The molecule has 3 N–H and O–H groups in total. The molecule has 3 aromatic rings. The van der Waals surface area contributed by atoms with Crippen LogP contribution in [0.25, 0.3) is 10.9 Å². The molecule has 1 aromatic heterocycles. The average Bonchev–Trinajstić information content (AvgIpc) is 2.89. The second-order valence-electron chi connectivity index (χ2n) is 7.40. The van der Waals surface area contributed by atoms with Gasteiger partial charge < -0.3 is 25.4 Å². The predicted octanol–water partition coefficient (Wildman–Crippen LogP) is 6.20. The number of amides is 1. The molecule has 0 fully saturated rings. The summed E-state index contributed by atoms with van der Waals surface area (Å²) in [6.45, 7) is 10.8. The molecule has 0 aliphatic carbocycles. The summed E-state index contributed by atoms with van der Waals surface area (Å²) < 4.78 is 19.1. The number of nitrogens with one attached hydrogen (secondary N) is 2. The first-order chi connectivity index (χ1) is 17.8. The van der Waals surface area contributed by atoms with Crippen molar-refractivity contribution in [2.75, 3.05) is 37.9 Å². The van der Waals surface area contributed by atoms with Crippen LogP contribution in [-0.2, 0) is 4.79 Å². The Labute approximate surface area is 218 Å². The minimum Gasteiger partial charge on any atom is -0.505 e. The molecule has 0 saturated heterocycles. The van der Waals surface area contributed by atoms with Crippen molar-refractivity contribution < 1.29 is 19.0 Å². The van der Waals surface area contributed by atoms with Gasteiger partial charge in [0, 0.05) is 42.0 Å². The average molecular weight is 510 g/mol. The van der Waals surface area contributed by atoms with Crippen molar-refractivity contribution in [2.24, 2.45) is 0 Å².